The van der Waals surface area contributed by atoms with Gasteiger partial charge in [0.05, 0.1) is 22.8 Å². The van der Waals surface area contributed by atoms with Crippen LogP contribution in [0.3, 0.4) is 0 Å². The number of nitrogens with two attached hydrogens (primary N) is 1. The first-order chi connectivity index (χ1) is 13.1. The van der Waals surface area contributed by atoms with Crippen molar-refractivity contribution >= 4 is 27.1 Å². The first-order valence-electron chi connectivity index (χ1n) is 8.60. The predicted octanol–water partition coefficient (Wildman–Crippen LogP) is 3.31. The molecule has 1 aliphatic carbocycles. The van der Waals surface area contributed by atoms with Crippen LogP contribution in [0.15, 0.2) is 29.2 Å². The molecule has 150 valence electrons. The second-order valence-corrected chi connectivity index (χ2v) is 8.93. The maximum absolute atomic E-state index is 14.7. The fourth-order valence-corrected chi connectivity index (χ4v) is 3.36. The summed E-state index contributed by atoms with van der Waals surface area (Å²) in [4.78, 5) is 11.9. The monoisotopic (exact) mass is 410 g/mol. The summed E-state index contributed by atoms with van der Waals surface area (Å²) in [6, 6.07) is 5.20. The average Bonchev–Trinajstić information content (AvgIpc) is 3.43. The van der Waals surface area contributed by atoms with E-state index in [2.05, 4.69) is 5.32 Å². The van der Waals surface area contributed by atoms with Gasteiger partial charge in [0.15, 0.2) is 21.4 Å². The second-order valence-electron chi connectivity index (χ2n) is 6.92. The molecule has 9 heteroatoms. The van der Waals surface area contributed by atoms with Gasteiger partial charge in [0.25, 0.3) is 5.91 Å². The van der Waals surface area contributed by atoms with Crippen molar-refractivity contribution in [3.05, 3.63) is 47.0 Å². The largest absolute Gasteiger partial charge is 0.490 e. The summed E-state index contributed by atoms with van der Waals surface area (Å²) in [7, 11) is -3.42. The van der Waals surface area contributed by atoms with Crippen LogP contribution in [0, 0.1) is 24.5 Å². The fourth-order valence-electron chi connectivity index (χ4n) is 2.66. The van der Waals surface area contributed by atoms with Gasteiger partial charge < -0.3 is 15.8 Å². The molecular weight excluding hydrogens is 390 g/mol. The smallest absolute Gasteiger partial charge is 0.251 e. The van der Waals surface area contributed by atoms with Crippen LogP contribution >= 0.6 is 0 Å². The molecule has 0 atom stereocenters. The van der Waals surface area contributed by atoms with E-state index < -0.39 is 33.1 Å². The second kappa shape index (κ2) is 7.38. The summed E-state index contributed by atoms with van der Waals surface area (Å²) in [6.07, 6.45) is 3.00. The molecule has 0 radical (unpaired) electrons. The number of benzene rings is 2. The lowest BCUT2D eigenvalue weighted by atomic mass is 10.1. The number of sulfone groups is 1. The highest BCUT2D eigenvalue weighted by molar-refractivity contribution is 7.90. The number of carbonyl (C=O) groups is 1. The molecule has 0 aliphatic heterocycles. The predicted molar refractivity (Wildman–Crippen MR) is 101 cm³/mol. The Hall–Kier alpha value is -2.68. The SMILES string of the molecule is Cc1cc(S(C)(=O)=O)ccc1Nc1c(C(N)=O)cc(OCC2CC2)c(F)c1F. The normalized spacial score (nSPS) is 14.0. The number of rotatable bonds is 7. The van der Waals surface area contributed by atoms with Crippen LogP contribution in [0.25, 0.3) is 0 Å². The Bertz CT molecular complexity index is 1050. The molecule has 2 aromatic rings. The van der Waals surface area contributed by atoms with Crippen LogP contribution in [-0.4, -0.2) is 27.2 Å². The van der Waals surface area contributed by atoms with E-state index in [1.165, 1.54) is 18.2 Å². The Morgan fingerprint density at radius 1 is 1.25 bits per heavy atom. The van der Waals surface area contributed by atoms with E-state index in [-0.39, 0.29) is 22.8 Å². The minimum atomic E-state index is -3.42. The van der Waals surface area contributed by atoms with Crippen LogP contribution in [-0.2, 0) is 9.84 Å². The van der Waals surface area contributed by atoms with Crippen LogP contribution < -0.4 is 15.8 Å². The minimum Gasteiger partial charge on any atom is -0.490 e. The van der Waals surface area contributed by atoms with E-state index in [1.807, 2.05) is 0 Å². The van der Waals surface area contributed by atoms with Crippen LogP contribution in [0.4, 0.5) is 20.2 Å². The Morgan fingerprint density at radius 2 is 1.93 bits per heavy atom. The van der Waals surface area contributed by atoms with Gasteiger partial charge in [-0.3, -0.25) is 4.79 Å². The van der Waals surface area contributed by atoms with Crippen LogP contribution in [0.5, 0.6) is 5.75 Å². The summed E-state index contributed by atoms with van der Waals surface area (Å²) in [5.74, 6) is -3.53. The van der Waals surface area contributed by atoms with Crippen molar-refractivity contribution in [3.63, 3.8) is 0 Å². The topological polar surface area (TPSA) is 98.5 Å². The van der Waals surface area contributed by atoms with Gasteiger partial charge in [0, 0.05) is 11.9 Å². The van der Waals surface area contributed by atoms with Crippen LogP contribution in [0.2, 0.25) is 0 Å². The maximum atomic E-state index is 14.7. The molecular formula is C19H20F2N2O4S. The number of nitrogens with one attached hydrogen (secondary N) is 1. The molecule has 1 amide bonds. The number of carbonyl (C=O) groups excluding carboxylic acids is 1. The Balaban J connectivity index is 1.99. The zero-order valence-corrected chi connectivity index (χ0v) is 16.2. The third-order valence-corrected chi connectivity index (χ3v) is 5.61. The number of halogens is 2. The highest BCUT2D eigenvalue weighted by atomic mass is 32.2. The first-order valence-corrected chi connectivity index (χ1v) is 10.5. The number of amides is 1. The maximum Gasteiger partial charge on any atom is 0.251 e. The summed E-state index contributed by atoms with van der Waals surface area (Å²) in [5.41, 5.74) is 5.41. The first kappa shape index (κ1) is 20.1. The third-order valence-electron chi connectivity index (χ3n) is 4.50. The van der Waals surface area contributed by atoms with Gasteiger partial charge in [-0.2, -0.15) is 4.39 Å². The van der Waals surface area contributed by atoms with Gasteiger partial charge in [-0.15, -0.1) is 0 Å². The molecule has 2 aromatic carbocycles. The standard InChI is InChI=1S/C19H20F2N2O4S/c1-10-7-12(28(2,25)26)5-6-14(10)23-18-13(19(22)24)8-15(16(20)17(18)21)27-9-11-3-4-11/h5-8,11,23H,3-4,9H2,1-2H3,(H2,22,24). The number of ether oxygens (including phenoxy) is 1. The lowest BCUT2D eigenvalue weighted by Crippen LogP contribution is -2.16. The quantitative estimate of drug-likeness (QED) is 0.730. The lowest BCUT2D eigenvalue weighted by molar-refractivity contribution is 0.1000. The number of anilines is 2. The summed E-state index contributed by atoms with van der Waals surface area (Å²) in [6.45, 7) is 1.84. The summed E-state index contributed by atoms with van der Waals surface area (Å²) < 4.78 is 57.7. The Kier molecular flexibility index (Phi) is 5.29. The van der Waals surface area contributed by atoms with Gasteiger partial charge in [-0.05, 0) is 55.5 Å². The highest BCUT2D eigenvalue weighted by Gasteiger charge is 2.26. The molecule has 1 saturated carbocycles. The molecule has 1 aliphatic rings. The van der Waals surface area contributed by atoms with Crippen molar-refractivity contribution in [2.75, 3.05) is 18.2 Å². The Morgan fingerprint density at radius 3 is 2.46 bits per heavy atom. The summed E-state index contributed by atoms with van der Waals surface area (Å²) in [5, 5.41) is 2.65. The fraction of sp³-hybridized carbons (Fsp3) is 0.316. The molecule has 0 heterocycles. The van der Waals surface area contributed by atoms with E-state index in [9.17, 15) is 22.0 Å². The molecule has 3 N–H and O–H groups in total. The van der Waals surface area contributed by atoms with Crippen molar-refractivity contribution in [3.8, 4) is 5.75 Å². The number of primary amides is 1. The number of hydrogen-bond donors (Lipinski definition) is 2. The minimum absolute atomic E-state index is 0.0844. The van der Waals surface area contributed by atoms with Crippen molar-refractivity contribution in [1.82, 2.24) is 0 Å². The molecule has 0 spiro atoms. The zero-order chi connectivity index (χ0) is 20.6. The zero-order valence-electron chi connectivity index (χ0n) is 15.4. The molecule has 0 aromatic heterocycles. The molecule has 28 heavy (non-hydrogen) atoms. The van der Waals surface area contributed by atoms with Gasteiger partial charge in [-0.1, -0.05) is 0 Å². The van der Waals surface area contributed by atoms with Gasteiger partial charge >= 0.3 is 0 Å². The molecule has 6 nitrogen and oxygen atoms in total. The average molecular weight is 410 g/mol. The van der Waals surface area contributed by atoms with Crippen molar-refractivity contribution in [2.45, 2.75) is 24.7 Å². The van der Waals surface area contributed by atoms with Crippen molar-refractivity contribution in [1.29, 1.82) is 0 Å². The van der Waals surface area contributed by atoms with Crippen LogP contribution in [0.1, 0.15) is 28.8 Å². The molecule has 3 rings (SSSR count). The van der Waals surface area contributed by atoms with Gasteiger partial charge in [0.2, 0.25) is 5.82 Å². The van der Waals surface area contributed by atoms with Crippen molar-refractivity contribution in [2.24, 2.45) is 11.7 Å². The Labute approximate surface area is 161 Å². The van der Waals surface area contributed by atoms with Gasteiger partial charge in [-0.25, -0.2) is 12.8 Å². The lowest BCUT2D eigenvalue weighted by Gasteiger charge is -2.16. The van der Waals surface area contributed by atoms with E-state index >= 15 is 0 Å². The van der Waals surface area contributed by atoms with Crippen molar-refractivity contribution < 1.29 is 26.7 Å². The summed E-state index contributed by atoms with van der Waals surface area (Å²) >= 11 is 0. The van der Waals surface area contributed by atoms with E-state index in [4.69, 9.17) is 10.5 Å². The molecule has 1 fully saturated rings. The van der Waals surface area contributed by atoms with E-state index in [1.54, 1.807) is 6.92 Å². The number of aryl methyl sites for hydroxylation is 1. The van der Waals surface area contributed by atoms with E-state index in [0.717, 1.165) is 25.2 Å². The molecule has 0 bridgehead atoms. The number of hydrogen-bond acceptors (Lipinski definition) is 5. The van der Waals surface area contributed by atoms with Gasteiger partial charge in [0.1, 0.15) is 0 Å². The molecule has 0 saturated heterocycles. The highest BCUT2D eigenvalue weighted by Crippen LogP contribution is 2.35. The molecule has 0 unspecified atom stereocenters. The third kappa shape index (κ3) is 4.24. The van der Waals surface area contributed by atoms with E-state index in [0.29, 0.717) is 17.2 Å².